The van der Waals surface area contributed by atoms with Gasteiger partial charge in [-0.05, 0) is 48.6 Å². The van der Waals surface area contributed by atoms with Gasteiger partial charge in [-0.2, -0.15) is 0 Å². The summed E-state index contributed by atoms with van der Waals surface area (Å²) in [4.78, 5) is 19.1. The molecule has 3 rings (SSSR count). The van der Waals surface area contributed by atoms with E-state index >= 15 is 0 Å². The summed E-state index contributed by atoms with van der Waals surface area (Å²) in [5.74, 6) is 0.762. The maximum atomic E-state index is 11.9. The molecule has 1 N–H and O–H groups in total. The second-order valence-corrected chi connectivity index (χ2v) is 5.29. The van der Waals surface area contributed by atoms with Crippen molar-refractivity contribution < 1.29 is 4.74 Å². The zero-order chi connectivity index (χ0) is 15.5. The number of ether oxygens (including phenoxy) is 1. The van der Waals surface area contributed by atoms with E-state index in [0.717, 1.165) is 39.9 Å². The summed E-state index contributed by atoms with van der Waals surface area (Å²) in [6, 6.07) is 11.6. The Balaban J connectivity index is 1.93. The van der Waals surface area contributed by atoms with Gasteiger partial charge in [0.25, 0.3) is 5.56 Å². The van der Waals surface area contributed by atoms with Crippen molar-refractivity contribution in [2.75, 3.05) is 0 Å². The molecule has 3 aromatic rings. The fourth-order valence-corrected chi connectivity index (χ4v) is 2.45. The molecule has 4 heteroatoms. The van der Waals surface area contributed by atoms with Crippen LogP contribution in [-0.2, 0) is 13.0 Å². The fraction of sp³-hybridized carbons (Fsp3) is 0.222. The Bertz CT molecular complexity index is 854. The van der Waals surface area contributed by atoms with E-state index in [1.807, 2.05) is 50.2 Å². The van der Waals surface area contributed by atoms with Crippen molar-refractivity contribution in [1.29, 1.82) is 0 Å². The van der Waals surface area contributed by atoms with Crippen molar-refractivity contribution in [3.63, 3.8) is 0 Å². The van der Waals surface area contributed by atoms with Gasteiger partial charge >= 0.3 is 0 Å². The third-order valence-electron chi connectivity index (χ3n) is 3.70. The molecule has 0 saturated carbocycles. The van der Waals surface area contributed by atoms with Crippen molar-refractivity contribution in [3.8, 4) is 5.75 Å². The highest BCUT2D eigenvalue weighted by molar-refractivity contribution is 5.81. The van der Waals surface area contributed by atoms with Gasteiger partial charge in [-0.25, -0.2) is 0 Å². The lowest BCUT2D eigenvalue weighted by Gasteiger charge is -2.11. The van der Waals surface area contributed by atoms with Crippen LogP contribution < -0.4 is 10.3 Å². The molecule has 1 aromatic carbocycles. The van der Waals surface area contributed by atoms with Crippen molar-refractivity contribution in [1.82, 2.24) is 9.97 Å². The Labute approximate surface area is 128 Å². The summed E-state index contributed by atoms with van der Waals surface area (Å²) >= 11 is 0. The number of benzene rings is 1. The second-order valence-electron chi connectivity index (χ2n) is 5.29. The van der Waals surface area contributed by atoms with Gasteiger partial charge in [-0.1, -0.05) is 13.0 Å². The molecule has 0 amide bonds. The average molecular weight is 294 g/mol. The molecule has 22 heavy (non-hydrogen) atoms. The first-order valence-electron chi connectivity index (χ1n) is 7.36. The predicted octanol–water partition coefficient (Wildman–Crippen LogP) is 3.37. The van der Waals surface area contributed by atoms with Crippen molar-refractivity contribution in [2.24, 2.45) is 0 Å². The Morgan fingerprint density at radius 1 is 1.23 bits per heavy atom. The van der Waals surface area contributed by atoms with E-state index in [9.17, 15) is 4.79 Å². The Morgan fingerprint density at radius 2 is 2.09 bits per heavy atom. The number of nitrogens with one attached hydrogen (secondary N) is 1. The van der Waals surface area contributed by atoms with Crippen LogP contribution in [0.15, 0.2) is 47.4 Å². The second kappa shape index (κ2) is 6.02. The van der Waals surface area contributed by atoms with Crippen LogP contribution in [0.4, 0.5) is 0 Å². The summed E-state index contributed by atoms with van der Waals surface area (Å²) in [6.45, 7) is 4.39. The number of hydrogen-bond acceptors (Lipinski definition) is 3. The third-order valence-corrected chi connectivity index (χ3v) is 3.70. The fourth-order valence-electron chi connectivity index (χ4n) is 2.45. The lowest BCUT2D eigenvalue weighted by molar-refractivity contribution is 0.299. The highest BCUT2D eigenvalue weighted by atomic mass is 16.5. The number of pyridine rings is 2. The van der Waals surface area contributed by atoms with Crippen LogP contribution in [0, 0.1) is 6.92 Å². The molecular formula is C18H18N2O2. The maximum Gasteiger partial charge on any atom is 0.251 e. The summed E-state index contributed by atoms with van der Waals surface area (Å²) in [5, 5.41) is 1.03. The zero-order valence-electron chi connectivity index (χ0n) is 12.7. The quantitative estimate of drug-likeness (QED) is 0.802. The van der Waals surface area contributed by atoms with E-state index in [-0.39, 0.29) is 5.56 Å². The number of rotatable bonds is 4. The van der Waals surface area contributed by atoms with E-state index in [1.54, 1.807) is 6.20 Å². The molecule has 2 aromatic heterocycles. The van der Waals surface area contributed by atoms with E-state index in [2.05, 4.69) is 9.97 Å². The molecule has 0 unspecified atom stereocenters. The highest BCUT2D eigenvalue weighted by Crippen LogP contribution is 2.24. The van der Waals surface area contributed by atoms with Gasteiger partial charge < -0.3 is 9.72 Å². The standard InChI is InChI=1S/C18H18N2O2/c1-3-13-9-14-8-12(2)17(10-16(14)20-18(13)21)22-11-15-6-4-5-7-19-15/h4-10H,3,11H2,1-2H3,(H,20,21). The normalized spacial score (nSPS) is 10.8. The molecule has 0 radical (unpaired) electrons. The van der Waals surface area contributed by atoms with E-state index in [4.69, 9.17) is 4.74 Å². The van der Waals surface area contributed by atoms with Crippen LogP contribution in [0.5, 0.6) is 5.75 Å². The molecule has 0 fully saturated rings. The molecule has 112 valence electrons. The molecule has 0 atom stereocenters. The lowest BCUT2D eigenvalue weighted by atomic mass is 10.1. The van der Waals surface area contributed by atoms with Gasteiger partial charge in [0.2, 0.25) is 0 Å². The van der Waals surface area contributed by atoms with Crippen LogP contribution >= 0.6 is 0 Å². The predicted molar refractivity (Wildman–Crippen MR) is 87.3 cm³/mol. The summed E-state index contributed by atoms with van der Waals surface area (Å²) < 4.78 is 5.84. The zero-order valence-corrected chi connectivity index (χ0v) is 12.7. The minimum atomic E-state index is -0.0328. The molecule has 2 heterocycles. The van der Waals surface area contributed by atoms with E-state index in [1.165, 1.54) is 0 Å². The van der Waals surface area contributed by atoms with Crippen molar-refractivity contribution >= 4 is 10.9 Å². The van der Waals surface area contributed by atoms with Crippen LogP contribution in [0.25, 0.3) is 10.9 Å². The smallest absolute Gasteiger partial charge is 0.251 e. The average Bonchev–Trinajstić information content (AvgIpc) is 2.54. The molecule has 0 aliphatic heterocycles. The number of aromatic nitrogens is 2. The number of aromatic amines is 1. The monoisotopic (exact) mass is 294 g/mol. The molecule has 0 bridgehead atoms. The number of hydrogen-bond donors (Lipinski definition) is 1. The number of nitrogens with zero attached hydrogens (tertiary/aromatic N) is 1. The maximum absolute atomic E-state index is 11.9. The Morgan fingerprint density at radius 3 is 2.82 bits per heavy atom. The van der Waals surface area contributed by atoms with E-state index in [0.29, 0.717) is 6.61 Å². The number of aryl methyl sites for hydroxylation is 2. The van der Waals surface area contributed by atoms with Crippen molar-refractivity contribution in [3.05, 3.63) is 69.8 Å². The van der Waals surface area contributed by atoms with Gasteiger partial charge in [0.05, 0.1) is 11.2 Å². The van der Waals surface area contributed by atoms with Crippen LogP contribution in [0.2, 0.25) is 0 Å². The Kier molecular flexibility index (Phi) is 3.92. The minimum Gasteiger partial charge on any atom is -0.487 e. The minimum absolute atomic E-state index is 0.0328. The summed E-state index contributed by atoms with van der Waals surface area (Å²) in [5.41, 5.74) is 3.47. The number of fused-ring (bicyclic) bond motifs is 1. The SMILES string of the molecule is CCc1cc2cc(C)c(OCc3ccccn3)cc2[nH]c1=O. The first-order chi connectivity index (χ1) is 10.7. The topological polar surface area (TPSA) is 55.0 Å². The first kappa shape index (κ1) is 14.3. The van der Waals surface area contributed by atoms with Crippen LogP contribution in [0.3, 0.4) is 0 Å². The molecule has 0 spiro atoms. The van der Waals surface area contributed by atoms with Gasteiger partial charge in [0.1, 0.15) is 12.4 Å². The van der Waals surface area contributed by atoms with Crippen LogP contribution in [-0.4, -0.2) is 9.97 Å². The van der Waals surface area contributed by atoms with Gasteiger partial charge in [-0.3, -0.25) is 9.78 Å². The molecule has 0 aliphatic carbocycles. The van der Waals surface area contributed by atoms with Crippen LogP contribution in [0.1, 0.15) is 23.7 Å². The van der Waals surface area contributed by atoms with E-state index < -0.39 is 0 Å². The molecule has 0 aliphatic rings. The molecular weight excluding hydrogens is 276 g/mol. The van der Waals surface area contributed by atoms with Gasteiger partial charge in [0, 0.05) is 17.8 Å². The summed E-state index contributed by atoms with van der Waals surface area (Å²) in [7, 11) is 0. The van der Waals surface area contributed by atoms with Gasteiger partial charge in [0.15, 0.2) is 0 Å². The van der Waals surface area contributed by atoms with Crippen molar-refractivity contribution in [2.45, 2.75) is 26.9 Å². The largest absolute Gasteiger partial charge is 0.487 e. The lowest BCUT2D eigenvalue weighted by Crippen LogP contribution is -2.11. The first-order valence-corrected chi connectivity index (χ1v) is 7.36. The number of H-pyrrole nitrogens is 1. The van der Waals surface area contributed by atoms with Gasteiger partial charge in [-0.15, -0.1) is 0 Å². The molecule has 0 saturated heterocycles. The third kappa shape index (κ3) is 2.86. The highest BCUT2D eigenvalue weighted by Gasteiger charge is 2.07. The Hall–Kier alpha value is -2.62. The summed E-state index contributed by atoms with van der Waals surface area (Å²) in [6.07, 6.45) is 2.47. The molecule has 4 nitrogen and oxygen atoms in total.